The molecule has 0 unspecified atom stereocenters. The van der Waals surface area contributed by atoms with Crippen molar-refractivity contribution in [3.05, 3.63) is 95.1 Å². The molecule has 3 aromatic rings. The van der Waals surface area contributed by atoms with Crippen LogP contribution in [0.4, 0.5) is 0 Å². The van der Waals surface area contributed by atoms with Crippen molar-refractivity contribution in [1.82, 2.24) is 0 Å². The zero-order valence-corrected chi connectivity index (χ0v) is 18.3. The van der Waals surface area contributed by atoms with Gasteiger partial charge >= 0.3 is 5.97 Å². The van der Waals surface area contributed by atoms with Gasteiger partial charge in [-0.1, -0.05) is 30.3 Å². The van der Waals surface area contributed by atoms with E-state index >= 15 is 0 Å². The van der Waals surface area contributed by atoms with Crippen molar-refractivity contribution in [3.8, 4) is 11.5 Å². The van der Waals surface area contributed by atoms with Crippen molar-refractivity contribution in [1.29, 1.82) is 0 Å². The lowest BCUT2D eigenvalue weighted by molar-refractivity contribution is 0.0368. The highest BCUT2D eigenvalue weighted by molar-refractivity contribution is 6.07. The Bertz CT molecular complexity index is 1200. The van der Waals surface area contributed by atoms with E-state index in [-0.39, 0.29) is 11.9 Å². The standard InChI is InChI=1S/C25H24N4O4/c1-31-17-11-7-15(8-12-17)21(23-19-5-3-4-6-20(19)24(30)33-23)22(28-29-25(26)27)16-9-13-18(32-2)14-10-16/h3-14,21,23H,1-2H3,(H4,26,27,29)/b28-22+/t21-,23+/m1/s1. The molecular weight excluding hydrogens is 420 g/mol. The summed E-state index contributed by atoms with van der Waals surface area (Å²) in [7, 11) is 3.20. The van der Waals surface area contributed by atoms with Crippen LogP contribution in [0.25, 0.3) is 0 Å². The molecular formula is C25H24N4O4. The molecule has 168 valence electrons. The number of rotatable bonds is 7. The molecule has 0 spiro atoms. The largest absolute Gasteiger partial charge is 0.497 e. The second-order valence-corrected chi connectivity index (χ2v) is 7.40. The molecule has 0 aliphatic carbocycles. The van der Waals surface area contributed by atoms with Crippen LogP contribution >= 0.6 is 0 Å². The van der Waals surface area contributed by atoms with Crippen molar-refractivity contribution in [2.45, 2.75) is 12.0 Å². The fourth-order valence-electron chi connectivity index (χ4n) is 3.88. The van der Waals surface area contributed by atoms with Crippen LogP contribution in [0, 0.1) is 0 Å². The lowest BCUT2D eigenvalue weighted by atomic mass is 9.82. The molecule has 1 aliphatic rings. The van der Waals surface area contributed by atoms with Gasteiger partial charge in [-0.15, -0.1) is 5.10 Å². The molecule has 0 amide bonds. The monoisotopic (exact) mass is 444 g/mol. The fourth-order valence-corrected chi connectivity index (χ4v) is 3.88. The molecule has 1 heterocycles. The van der Waals surface area contributed by atoms with Gasteiger partial charge in [0.2, 0.25) is 5.96 Å². The molecule has 0 bridgehead atoms. The van der Waals surface area contributed by atoms with Crippen LogP contribution in [-0.2, 0) is 4.74 Å². The van der Waals surface area contributed by atoms with E-state index in [9.17, 15) is 4.79 Å². The number of hydrogen-bond acceptors (Lipinski definition) is 6. The van der Waals surface area contributed by atoms with E-state index in [4.69, 9.17) is 25.7 Å². The van der Waals surface area contributed by atoms with Crippen LogP contribution in [0.1, 0.15) is 39.1 Å². The number of methoxy groups -OCH3 is 2. The van der Waals surface area contributed by atoms with Gasteiger partial charge in [-0.25, -0.2) is 4.79 Å². The van der Waals surface area contributed by atoms with Crippen molar-refractivity contribution < 1.29 is 19.0 Å². The second kappa shape index (κ2) is 9.44. The zero-order valence-electron chi connectivity index (χ0n) is 18.3. The van der Waals surface area contributed by atoms with E-state index in [2.05, 4.69) is 10.2 Å². The minimum Gasteiger partial charge on any atom is -0.497 e. The molecule has 0 aromatic heterocycles. The first-order chi connectivity index (χ1) is 16.0. The Kier molecular flexibility index (Phi) is 6.26. The minimum absolute atomic E-state index is 0.182. The number of carbonyl (C=O) groups is 1. The van der Waals surface area contributed by atoms with Gasteiger partial charge in [-0.3, -0.25) is 0 Å². The summed E-state index contributed by atoms with van der Waals surface area (Å²) in [5, 5.41) is 8.34. The summed E-state index contributed by atoms with van der Waals surface area (Å²) in [6, 6.07) is 22.2. The third-order valence-corrected chi connectivity index (χ3v) is 5.45. The molecule has 4 N–H and O–H groups in total. The van der Waals surface area contributed by atoms with Gasteiger partial charge in [-0.2, -0.15) is 5.10 Å². The summed E-state index contributed by atoms with van der Waals surface area (Å²) >= 11 is 0. The molecule has 0 saturated heterocycles. The molecule has 2 atom stereocenters. The van der Waals surface area contributed by atoms with Crippen molar-refractivity contribution in [3.63, 3.8) is 0 Å². The van der Waals surface area contributed by atoms with E-state index in [0.717, 1.165) is 16.7 Å². The van der Waals surface area contributed by atoms with Crippen molar-refractivity contribution in [2.24, 2.45) is 21.7 Å². The highest BCUT2D eigenvalue weighted by Gasteiger charge is 2.40. The molecule has 0 radical (unpaired) electrons. The Hall–Kier alpha value is -4.33. The number of nitrogens with zero attached hydrogens (tertiary/aromatic N) is 2. The molecule has 33 heavy (non-hydrogen) atoms. The maximum atomic E-state index is 12.7. The van der Waals surface area contributed by atoms with Crippen molar-refractivity contribution >= 4 is 17.6 Å². The highest BCUT2D eigenvalue weighted by Crippen LogP contribution is 2.43. The highest BCUT2D eigenvalue weighted by atomic mass is 16.5. The van der Waals surface area contributed by atoms with E-state index in [0.29, 0.717) is 22.8 Å². The number of ether oxygens (including phenoxy) is 3. The number of hydrogen-bond donors (Lipinski definition) is 2. The summed E-state index contributed by atoms with van der Waals surface area (Å²) in [5.74, 6) is 0.329. The van der Waals surface area contributed by atoms with Gasteiger partial charge in [-0.05, 0) is 53.6 Å². The molecule has 3 aromatic carbocycles. The number of guanidine groups is 1. The predicted octanol–water partition coefficient (Wildman–Crippen LogP) is 3.38. The van der Waals surface area contributed by atoms with Gasteiger partial charge in [0.25, 0.3) is 0 Å². The van der Waals surface area contributed by atoms with Crippen LogP contribution in [-0.4, -0.2) is 31.9 Å². The summed E-state index contributed by atoms with van der Waals surface area (Å²) in [6.45, 7) is 0. The number of carbonyl (C=O) groups excluding carboxylic acids is 1. The lowest BCUT2D eigenvalue weighted by Gasteiger charge is -2.25. The Morgan fingerprint density at radius 1 is 0.879 bits per heavy atom. The third-order valence-electron chi connectivity index (χ3n) is 5.45. The average Bonchev–Trinajstić information content (AvgIpc) is 3.18. The first-order valence-electron chi connectivity index (χ1n) is 10.3. The normalized spacial score (nSPS) is 15.9. The molecule has 8 nitrogen and oxygen atoms in total. The molecule has 0 fully saturated rings. The van der Waals surface area contributed by atoms with E-state index in [1.54, 1.807) is 20.3 Å². The fraction of sp³-hybridized carbons (Fsp3) is 0.160. The molecule has 0 saturated carbocycles. The summed E-state index contributed by atoms with van der Waals surface area (Å²) < 4.78 is 16.5. The minimum atomic E-state index is -0.628. The van der Waals surface area contributed by atoms with Crippen molar-refractivity contribution in [2.75, 3.05) is 14.2 Å². The predicted molar refractivity (Wildman–Crippen MR) is 126 cm³/mol. The third kappa shape index (κ3) is 4.50. The van der Waals surface area contributed by atoms with Crippen LogP contribution in [0.15, 0.2) is 83.0 Å². The SMILES string of the molecule is COc1ccc(/C(=N\N=C(N)N)[C@@H](c2ccc(OC)cc2)[C@H]2OC(=O)c3ccccc32)cc1. The number of fused-ring (bicyclic) bond motifs is 1. The molecule has 4 rings (SSSR count). The number of esters is 1. The average molecular weight is 444 g/mol. The maximum absolute atomic E-state index is 12.7. The first kappa shape index (κ1) is 21.9. The van der Waals surface area contributed by atoms with Gasteiger partial charge in [0.15, 0.2) is 0 Å². The van der Waals surface area contributed by atoms with Gasteiger partial charge < -0.3 is 25.7 Å². The maximum Gasteiger partial charge on any atom is 0.339 e. The molecule has 1 aliphatic heterocycles. The first-order valence-corrected chi connectivity index (χ1v) is 10.3. The summed E-state index contributed by atoms with van der Waals surface area (Å²) in [4.78, 5) is 12.7. The zero-order chi connectivity index (χ0) is 23.4. The van der Waals surface area contributed by atoms with Gasteiger partial charge in [0.05, 0.1) is 31.4 Å². The van der Waals surface area contributed by atoms with Crippen LogP contribution in [0.2, 0.25) is 0 Å². The molecule has 8 heteroatoms. The van der Waals surface area contributed by atoms with Crippen LogP contribution in [0.3, 0.4) is 0 Å². The Morgan fingerprint density at radius 3 is 2.09 bits per heavy atom. The van der Waals surface area contributed by atoms with E-state index in [1.807, 2.05) is 66.7 Å². The second-order valence-electron chi connectivity index (χ2n) is 7.40. The number of benzene rings is 3. The summed E-state index contributed by atoms with van der Waals surface area (Å²) in [6.07, 6.45) is -0.628. The summed E-state index contributed by atoms with van der Waals surface area (Å²) in [5.41, 5.74) is 14.6. The smallest absolute Gasteiger partial charge is 0.339 e. The lowest BCUT2D eigenvalue weighted by Crippen LogP contribution is -2.24. The Morgan fingerprint density at radius 2 is 1.48 bits per heavy atom. The quantitative estimate of drug-likeness (QED) is 0.249. The van der Waals surface area contributed by atoms with Crippen LogP contribution < -0.4 is 20.9 Å². The van der Waals surface area contributed by atoms with Gasteiger partial charge in [0, 0.05) is 5.56 Å². The van der Waals surface area contributed by atoms with E-state index < -0.39 is 12.0 Å². The van der Waals surface area contributed by atoms with Crippen LogP contribution in [0.5, 0.6) is 11.5 Å². The van der Waals surface area contributed by atoms with Gasteiger partial charge in [0.1, 0.15) is 17.6 Å². The number of cyclic esters (lactones) is 1. The Balaban J connectivity index is 1.91. The number of nitrogens with two attached hydrogens (primary N) is 2. The topological polar surface area (TPSA) is 122 Å². The van der Waals surface area contributed by atoms with E-state index in [1.165, 1.54) is 0 Å². The Labute approximate surface area is 191 Å².